The Morgan fingerprint density at radius 3 is 1.39 bits per heavy atom. The van der Waals surface area contributed by atoms with Gasteiger partial charge in [0.15, 0.2) is 0 Å². The van der Waals surface area contributed by atoms with Crippen LogP contribution in [0.15, 0.2) is 0 Å². The number of rotatable bonds is 4. The molecule has 0 spiro atoms. The molecular weight excluding hydrogens is 266 g/mol. The third kappa shape index (κ3) is 3.09. The minimum absolute atomic E-state index is 0.357. The molecule has 18 heavy (non-hydrogen) atoms. The second-order valence-corrected chi connectivity index (χ2v) is 4.77. The highest BCUT2D eigenvalue weighted by molar-refractivity contribution is 5.04. The highest BCUT2D eigenvalue weighted by atomic mass is 19.4. The molecule has 0 aromatic rings. The van der Waals surface area contributed by atoms with Crippen LogP contribution in [0.25, 0.3) is 0 Å². The van der Waals surface area contributed by atoms with Crippen molar-refractivity contribution in [3.63, 3.8) is 0 Å². The molecule has 8 heteroatoms. The van der Waals surface area contributed by atoms with Gasteiger partial charge in [-0.2, -0.15) is 26.3 Å². The predicted octanol–water partition coefficient (Wildman–Crippen LogP) is 3.56. The number of methoxy groups -OCH3 is 1. The van der Waals surface area contributed by atoms with E-state index in [9.17, 15) is 26.3 Å². The molecule has 0 fully saturated rings. The molecule has 0 rings (SSSR count). The number of ether oxygens (including phenoxy) is 2. The van der Waals surface area contributed by atoms with Crippen molar-refractivity contribution in [2.24, 2.45) is 5.41 Å². The summed E-state index contributed by atoms with van der Waals surface area (Å²) in [6.07, 6.45) is -11.1. The summed E-state index contributed by atoms with van der Waals surface area (Å²) in [5, 5.41) is 0. The summed E-state index contributed by atoms with van der Waals surface area (Å²) in [5.41, 5.74) is -6.41. The first-order valence-electron chi connectivity index (χ1n) is 5.07. The van der Waals surface area contributed by atoms with Crippen molar-refractivity contribution in [1.29, 1.82) is 0 Å². The first-order chi connectivity index (χ1) is 7.81. The molecule has 0 aliphatic carbocycles. The summed E-state index contributed by atoms with van der Waals surface area (Å²) in [7, 11) is 1.16. The van der Waals surface area contributed by atoms with E-state index < -0.39 is 30.0 Å². The third-order valence-electron chi connectivity index (χ3n) is 2.46. The van der Waals surface area contributed by atoms with E-state index in [2.05, 4.69) is 9.47 Å². The number of alkyl halides is 6. The van der Waals surface area contributed by atoms with E-state index in [-0.39, 0.29) is 6.61 Å². The first kappa shape index (κ1) is 17.5. The second-order valence-electron chi connectivity index (χ2n) is 4.77. The van der Waals surface area contributed by atoms with Gasteiger partial charge in [-0.25, -0.2) is 0 Å². The van der Waals surface area contributed by atoms with Gasteiger partial charge in [-0.3, -0.25) is 0 Å². The molecule has 0 radical (unpaired) electrons. The normalized spacial score (nSPS) is 15.0. The van der Waals surface area contributed by atoms with Crippen LogP contribution in [0.4, 0.5) is 26.3 Å². The lowest BCUT2D eigenvalue weighted by Crippen LogP contribution is -2.66. The highest BCUT2D eigenvalue weighted by Crippen LogP contribution is 2.55. The topological polar surface area (TPSA) is 18.5 Å². The minimum atomic E-state index is -5.57. The number of hydrogen-bond acceptors (Lipinski definition) is 2. The lowest BCUT2D eigenvalue weighted by atomic mass is 9.75. The fourth-order valence-electron chi connectivity index (χ4n) is 1.67. The van der Waals surface area contributed by atoms with Crippen LogP contribution in [0, 0.1) is 5.41 Å². The SMILES string of the molecule is COCCOC(C(C)(C)C)(C(F)(F)F)C(F)(F)F. The van der Waals surface area contributed by atoms with Gasteiger partial charge < -0.3 is 9.47 Å². The summed E-state index contributed by atoms with van der Waals surface area (Å²) >= 11 is 0. The zero-order valence-electron chi connectivity index (χ0n) is 10.5. The standard InChI is InChI=1S/C10H16F6O2/c1-7(2,3)8(9(11,12)13,10(14,15)16)18-6-5-17-4/h5-6H2,1-4H3. The summed E-state index contributed by atoms with van der Waals surface area (Å²) in [4.78, 5) is 0. The monoisotopic (exact) mass is 282 g/mol. The van der Waals surface area contributed by atoms with Crippen LogP contribution in [-0.4, -0.2) is 38.3 Å². The fourth-order valence-corrected chi connectivity index (χ4v) is 1.67. The van der Waals surface area contributed by atoms with E-state index >= 15 is 0 Å². The van der Waals surface area contributed by atoms with Crippen LogP contribution in [0.2, 0.25) is 0 Å². The molecule has 0 aliphatic heterocycles. The van der Waals surface area contributed by atoms with Gasteiger partial charge in [0.2, 0.25) is 0 Å². The summed E-state index contributed by atoms with van der Waals surface area (Å²) in [6.45, 7) is 1.35. The largest absolute Gasteiger partial charge is 0.427 e. The third-order valence-corrected chi connectivity index (χ3v) is 2.46. The van der Waals surface area contributed by atoms with E-state index in [0.29, 0.717) is 0 Å². The Morgan fingerprint density at radius 1 is 0.778 bits per heavy atom. The van der Waals surface area contributed by atoms with Crippen LogP contribution in [0.1, 0.15) is 20.8 Å². The lowest BCUT2D eigenvalue weighted by molar-refractivity contribution is -0.410. The Labute approximate surface area is 101 Å². The van der Waals surface area contributed by atoms with Crippen molar-refractivity contribution in [2.75, 3.05) is 20.3 Å². The van der Waals surface area contributed by atoms with Crippen LogP contribution in [0.5, 0.6) is 0 Å². The maximum atomic E-state index is 12.9. The van der Waals surface area contributed by atoms with Gasteiger partial charge in [0.05, 0.1) is 13.2 Å². The summed E-state index contributed by atoms with van der Waals surface area (Å²) in [6, 6.07) is 0. The van der Waals surface area contributed by atoms with Crippen molar-refractivity contribution in [3.05, 3.63) is 0 Å². The molecule has 110 valence electrons. The second kappa shape index (κ2) is 5.24. The molecule has 0 unspecified atom stereocenters. The molecule has 0 heterocycles. The van der Waals surface area contributed by atoms with Crippen molar-refractivity contribution in [3.8, 4) is 0 Å². The molecule has 0 saturated carbocycles. The van der Waals surface area contributed by atoms with Crippen LogP contribution < -0.4 is 0 Å². The van der Waals surface area contributed by atoms with Gasteiger partial charge in [0, 0.05) is 12.5 Å². The quantitative estimate of drug-likeness (QED) is 0.580. The van der Waals surface area contributed by atoms with Gasteiger partial charge in [0.25, 0.3) is 5.60 Å². The molecule has 0 aromatic heterocycles. The maximum absolute atomic E-state index is 12.9. The Morgan fingerprint density at radius 2 is 1.17 bits per heavy atom. The van der Waals surface area contributed by atoms with Gasteiger partial charge in [0.1, 0.15) is 0 Å². The van der Waals surface area contributed by atoms with E-state index in [1.54, 1.807) is 0 Å². The zero-order chi connectivity index (χ0) is 14.8. The number of hydrogen-bond donors (Lipinski definition) is 0. The lowest BCUT2D eigenvalue weighted by Gasteiger charge is -2.45. The fraction of sp³-hybridized carbons (Fsp3) is 1.00. The molecular formula is C10H16F6O2. The maximum Gasteiger partial charge on any atom is 0.427 e. The Hall–Kier alpha value is -0.500. The number of halogens is 6. The van der Waals surface area contributed by atoms with E-state index in [1.807, 2.05) is 0 Å². The highest BCUT2D eigenvalue weighted by Gasteiger charge is 2.77. The van der Waals surface area contributed by atoms with Crippen molar-refractivity contribution >= 4 is 0 Å². The van der Waals surface area contributed by atoms with Crippen molar-refractivity contribution in [2.45, 2.75) is 38.7 Å². The average molecular weight is 282 g/mol. The first-order valence-corrected chi connectivity index (χ1v) is 5.07. The Balaban J connectivity index is 5.61. The van der Waals surface area contributed by atoms with Crippen LogP contribution in [0.3, 0.4) is 0 Å². The molecule has 0 saturated heterocycles. The average Bonchev–Trinajstić information content (AvgIpc) is 2.05. The Kier molecular flexibility index (Phi) is 5.10. The smallest absolute Gasteiger partial charge is 0.382 e. The molecule has 0 bridgehead atoms. The van der Waals surface area contributed by atoms with Gasteiger partial charge >= 0.3 is 12.4 Å². The molecule has 0 amide bonds. The molecule has 2 nitrogen and oxygen atoms in total. The van der Waals surface area contributed by atoms with Crippen molar-refractivity contribution < 1.29 is 35.8 Å². The van der Waals surface area contributed by atoms with Crippen molar-refractivity contribution in [1.82, 2.24) is 0 Å². The molecule has 0 N–H and O–H groups in total. The van der Waals surface area contributed by atoms with E-state index in [1.165, 1.54) is 0 Å². The summed E-state index contributed by atoms with van der Waals surface area (Å²) < 4.78 is 86.1. The zero-order valence-corrected chi connectivity index (χ0v) is 10.5. The van der Waals surface area contributed by atoms with E-state index in [0.717, 1.165) is 27.9 Å². The van der Waals surface area contributed by atoms with Gasteiger partial charge in [-0.15, -0.1) is 0 Å². The van der Waals surface area contributed by atoms with Crippen LogP contribution in [-0.2, 0) is 9.47 Å². The Bertz CT molecular complexity index is 227. The predicted molar refractivity (Wildman–Crippen MR) is 52.1 cm³/mol. The van der Waals surface area contributed by atoms with Crippen LogP contribution >= 0.6 is 0 Å². The molecule has 0 aliphatic rings. The molecule has 0 atom stereocenters. The molecule has 0 aromatic carbocycles. The van der Waals surface area contributed by atoms with Gasteiger partial charge in [-0.05, 0) is 0 Å². The summed E-state index contributed by atoms with van der Waals surface area (Å²) in [5.74, 6) is 0. The van der Waals surface area contributed by atoms with E-state index in [4.69, 9.17) is 0 Å². The van der Waals surface area contributed by atoms with Gasteiger partial charge in [-0.1, -0.05) is 20.8 Å². The minimum Gasteiger partial charge on any atom is -0.382 e.